The summed E-state index contributed by atoms with van der Waals surface area (Å²) in [5, 5.41) is 7.58. The Hall–Kier alpha value is -1.26. The van der Waals surface area contributed by atoms with Crippen molar-refractivity contribution in [2.45, 2.75) is 19.1 Å². The average Bonchev–Trinajstić information content (AvgIpc) is 2.87. The molecule has 1 amide bonds. The summed E-state index contributed by atoms with van der Waals surface area (Å²) < 4.78 is 37.2. The number of amides is 1. The van der Waals surface area contributed by atoms with Crippen LogP contribution in [0.2, 0.25) is 0 Å². The molecule has 0 saturated carbocycles. The summed E-state index contributed by atoms with van der Waals surface area (Å²) in [5.41, 5.74) is 0. The molecular formula is C11H16F3N5OS. The summed E-state index contributed by atoms with van der Waals surface area (Å²) in [7, 11) is 2.00. The van der Waals surface area contributed by atoms with Crippen LogP contribution in [-0.2, 0) is 11.0 Å². The van der Waals surface area contributed by atoms with Gasteiger partial charge in [0.1, 0.15) is 0 Å². The summed E-state index contributed by atoms with van der Waals surface area (Å²) in [6.07, 6.45) is -4.54. The van der Waals surface area contributed by atoms with Crippen LogP contribution in [0.5, 0.6) is 0 Å². The highest BCUT2D eigenvalue weighted by molar-refractivity contribution is 7.15. The number of aromatic nitrogens is 2. The molecule has 0 bridgehead atoms. The van der Waals surface area contributed by atoms with Crippen molar-refractivity contribution in [2.24, 2.45) is 0 Å². The number of likely N-dealkylation sites (N-methyl/N-ethyl adjacent to an activating group) is 1. The number of anilines is 1. The first-order valence-electron chi connectivity index (χ1n) is 6.41. The van der Waals surface area contributed by atoms with E-state index in [0.29, 0.717) is 11.3 Å². The molecule has 0 aliphatic carbocycles. The van der Waals surface area contributed by atoms with Crippen molar-refractivity contribution in [3.8, 4) is 0 Å². The molecule has 2 rings (SSSR count). The second-order valence-electron chi connectivity index (χ2n) is 4.91. The molecule has 118 valence electrons. The van der Waals surface area contributed by atoms with Gasteiger partial charge in [-0.2, -0.15) is 13.2 Å². The van der Waals surface area contributed by atoms with Crippen LogP contribution in [0.3, 0.4) is 0 Å². The summed E-state index contributed by atoms with van der Waals surface area (Å²) in [5.74, 6) is -0.371. The normalized spacial score (nSPS) is 19.5. The molecule has 1 aliphatic heterocycles. The van der Waals surface area contributed by atoms with Crippen LogP contribution in [0.15, 0.2) is 0 Å². The Bertz CT molecular complexity index is 498. The largest absolute Gasteiger partial charge is 0.445 e. The van der Waals surface area contributed by atoms with Gasteiger partial charge in [-0.3, -0.25) is 15.0 Å². The van der Waals surface area contributed by atoms with E-state index >= 15 is 0 Å². The van der Waals surface area contributed by atoms with Gasteiger partial charge in [-0.25, -0.2) is 0 Å². The molecule has 0 spiro atoms. The highest BCUT2D eigenvalue weighted by atomic mass is 32.1. The van der Waals surface area contributed by atoms with E-state index in [1.807, 2.05) is 11.9 Å². The third-order valence-corrected chi connectivity index (χ3v) is 4.25. The third kappa shape index (κ3) is 4.11. The maximum absolute atomic E-state index is 12.4. The average molecular weight is 323 g/mol. The van der Waals surface area contributed by atoms with Gasteiger partial charge in [0.2, 0.25) is 16.0 Å². The standard InChI is InChI=1S/C11H16F3N5OS/c1-7(19-5-3-18(2)4-6-19)8(20)15-10-17-16-9(21-10)11(12,13)14/h7H,3-6H2,1-2H3,(H,15,17,20). The molecule has 0 radical (unpaired) electrons. The number of rotatable bonds is 3. The molecule has 21 heavy (non-hydrogen) atoms. The summed E-state index contributed by atoms with van der Waals surface area (Å²) in [4.78, 5) is 16.2. The molecule has 1 atom stereocenters. The molecule has 1 aliphatic rings. The van der Waals surface area contributed by atoms with Crippen LogP contribution in [0.25, 0.3) is 0 Å². The van der Waals surface area contributed by atoms with E-state index in [1.165, 1.54) is 0 Å². The number of hydrogen-bond donors (Lipinski definition) is 1. The fourth-order valence-electron chi connectivity index (χ4n) is 1.97. The van der Waals surface area contributed by atoms with Crippen LogP contribution >= 0.6 is 11.3 Å². The summed E-state index contributed by atoms with van der Waals surface area (Å²) in [6, 6.07) is -0.420. The number of halogens is 3. The molecule has 1 fully saturated rings. The van der Waals surface area contributed by atoms with Crippen molar-refractivity contribution in [1.29, 1.82) is 0 Å². The number of nitrogens with zero attached hydrogens (tertiary/aromatic N) is 4. The van der Waals surface area contributed by atoms with Crippen molar-refractivity contribution in [1.82, 2.24) is 20.0 Å². The number of nitrogens with one attached hydrogen (secondary N) is 1. The summed E-state index contributed by atoms with van der Waals surface area (Å²) >= 11 is 0.327. The molecule has 1 unspecified atom stereocenters. The van der Waals surface area contributed by atoms with E-state index in [1.54, 1.807) is 6.92 Å². The highest BCUT2D eigenvalue weighted by Crippen LogP contribution is 2.33. The third-order valence-electron chi connectivity index (χ3n) is 3.36. The maximum atomic E-state index is 12.4. The first kappa shape index (κ1) is 16.1. The van der Waals surface area contributed by atoms with Crippen molar-refractivity contribution in [2.75, 3.05) is 38.5 Å². The molecule has 1 aromatic heterocycles. The number of carbonyl (C=O) groups excluding carboxylic acids is 1. The van der Waals surface area contributed by atoms with Gasteiger partial charge >= 0.3 is 6.18 Å². The lowest BCUT2D eigenvalue weighted by molar-refractivity contribution is -0.138. The second kappa shape index (κ2) is 6.24. The Balaban J connectivity index is 1.93. The van der Waals surface area contributed by atoms with E-state index in [0.717, 1.165) is 26.2 Å². The SMILES string of the molecule is CC(C(=O)Nc1nnc(C(F)(F)F)s1)N1CCN(C)CC1. The number of alkyl halides is 3. The molecule has 6 nitrogen and oxygen atoms in total. The van der Waals surface area contributed by atoms with Gasteiger partial charge in [-0.1, -0.05) is 11.3 Å². The van der Waals surface area contributed by atoms with Crippen LogP contribution < -0.4 is 5.32 Å². The molecule has 1 aromatic rings. The Labute approximate surface area is 123 Å². The quantitative estimate of drug-likeness (QED) is 0.904. The van der Waals surface area contributed by atoms with E-state index in [9.17, 15) is 18.0 Å². The van der Waals surface area contributed by atoms with E-state index in [2.05, 4.69) is 20.4 Å². The smallest absolute Gasteiger partial charge is 0.304 e. The van der Waals surface area contributed by atoms with Gasteiger partial charge in [0.05, 0.1) is 6.04 Å². The zero-order valence-corrected chi connectivity index (χ0v) is 12.5. The van der Waals surface area contributed by atoms with Crippen LogP contribution in [0.4, 0.5) is 18.3 Å². The Morgan fingerprint density at radius 2 is 1.90 bits per heavy atom. The van der Waals surface area contributed by atoms with Gasteiger partial charge in [0.15, 0.2) is 0 Å². The minimum atomic E-state index is -4.54. The van der Waals surface area contributed by atoms with E-state index < -0.39 is 17.2 Å². The lowest BCUT2D eigenvalue weighted by atomic mass is 10.2. The fourth-order valence-corrected chi connectivity index (χ4v) is 2.59. The van der Waals surface area contributed by atoms with E-state index in [-0.39, 0.29) is 11.0 Å². The van der Waals surface area contributed by atoms with Gasteiger partial charge in [0.25, 0.3) is 0 Å². The first-order valence-corrected chi connectivity index (χ1v) is 7.23. The maximum Gasteiger partial charge on any atom is 0.445 e. The van der Waals surface area contributed by atoms with Crippen LogP contribution in [0.1, 0.15) is 11.9 Å². The zero-order chi connectivity index (χ0) is 15.6. The van der Waals surface area contributed by atoms with Gasteiger partial charge in [-0.05, 0) is 14.0 Å². The minimum absolute atomic E-state index is 0.131. The van der Waals surface area contributed by atoms with Crippen LogP contribution in [0, 0.1) is 0 Å². The fraction of sp³-hybridized carbons (Fsp3) is 0.727. The van der Waals surface area contributed by atoms with Crippen molar-refractivity contribution in [3.63, 3.8) is 0 Å². The molecule has 10 heteroatoms. The van der Waals surface area contributed by atoms with Gasteiger partial charge in [0, 0.05) is 26.2 Å². The number of hydrogen-bond acceptors (Lipinski definition) is 6. The second-order valence-corrected chi connectivity index (χ2v) is 5.89. The number of piperazine rings is 1. The topological polar surface area (TPSA) is 61.4 Å². The Kier molecular flexibility index (Phi) is 4.79. The highest BCUT2D eigenvalue weighted by Gasteiger charge is 2.36. The zero-order valence-electron chi connectivity index (χ0n) is 11.6. The van der Waals surface area contributed by atoms with Crippen LogP contribution in [-0.4, -0.2) is 65.2 Å². The molecule has 0 aromatic carbocycles. The van der Waals surface area contributed by atoms with Crippen molar-refractivity contribution < 1.29 is 18.0 Å². The molecular weight excluding hydrogens is 307 g/mol. The Morgan fingerprint density at radius 1 is 1.29 bits per heavy atom. The molecule has 1 saturated heterocycles. The van der Waals surface area contributed by atoms with E-state index in [4.69, 9.17) is 0 Å². The minimum Gasteiger partial charge on any atom is -0.304 e. The molecule has 1 N–H and O–H groups in total. The predicted molar refractivity (Wildman–Crippen MR) is 72.1 cm³/mol. The number of carbonyl (C=O) groups is 1. The van der Waals surface area contributed by atoms with Crippen molar-refractivity contribution >= 4 is 22.4 Å². The Morgan fingerprint density at radius 3 is 2.43 bits per heavy atom. The lowest BCUT2D eigenvalue weighted by Crippen LogP contribution is -2.51. The molecule has 2 heterocycles. The van der Waals surface area contributed by atoms with Gasteiger partial charge < -0.3 is 4.90 Å². The lowest BCUT2D eigenvalue weighted by Gasteiger charge is -2.35. The monoisotopic (exact) mass is 323 g/mol. The summed E-state index contributed by atoms with van der Waals surface area (Å²) in [6.45, 7) is 4.93. The van der Waals surface area contributed by atoms with Crippen molar-refractivity contribution in [3.05, 3.63) is 5.01 Å². The first-order chi connectivity index (χ1) is 9.77. The van der Waals surface area contributed by atoms with Gasteiger partial charge in [-0.15, -0.1) is 10.2 Å². The predicted octanol–water partition coefficient (Wildman–Crippen LogP) is 1.13.